The summed E-state index contributed by atoms with van der Waals surface area (Å²) >= 11 is 0. The van der Waals surface area contributed by atoms with Gasteiger partial charge < -0.3 is 16.0 Å². The Bertz CT molecular complexity index is 637. The molecule has 4 heteroatoms. The summed E-state index contributed by atoms with van der Waals surface area (Å²) in [6.07, 6.45) is 0. The fraction of sp³-hybridized carbons (Fsp3) is 0.235. The van der Waals surface area contributed by atoms with Crippen LogP contribution in [0.4, 0.5) is 17.1 Å². The van der Waals surface area contributed by atoms with Crippen LogP contribution in [0.15, 0.2) is 48.5 Å². The minimum atomic E-state index is -0.260. The first-order valence-corrected chi connectivity index (χ1v) is 6.91. The fourth-order valence-corrected chi connectivity index (χ4v) is 2.19. The second kappa shape index (κ2) is 6.31. The van der Waals surface area contributed by atoms with Crippen LogP contribution in [0.25, 0.3) is 0 Å². The maximum atomic E-state index is 12.4. The Morgan fingerprint density at radius 1 is 1.14 bits per heavy atom. The maximum absolute atomic E-state index is 12.4. The molecule has 1 unspecified atom stereocenters. The van der Waals surface area contributed by atoms with Crippen LogP contribution in [0.2, 0.25) is 0 Å². The van der Waals surface area contributed by atoms with Crippen LogP contribution < -0.4 is 16.0 Å². The van der Waals surface area contributed by atoms with Gasteiger partial charge in [0.1, 0.15) is 0 Å². The van der Waals surface area contributed by atoms with E-state index in [2.05, 4.69) is 5.32 Å². The lowest BCUT2D eigenvalue weighted by atomic mass is 9.99. The summed E-state index contributed by atoms with van der Waals surface area (Å²) < 4.78 is 0. The summed E-state index contributed by atoms with van der Waals surface area (Å²) in [4.78, 5) is 14.4. The second-order valence-electron chi connectivity index (χ2n) is 5.29. The van der Waals surface area contributed by atoms with Gasteiger partial charge in [0.05, 0.1) is 17.3 Å². The first-order valence-electron chi connectivity index (χ1n) is 6.91. The fourth-order valence-electron chi connectivity index (χ4n) is 2.19. The zero-order chi connectivity index (χ0) is 15.4. The smallest absolute Gasteiger partial charge is 0.231 e. The van der Waals surface area contributed by atoms with Crippen LogP contribution in [0.1, 0.15) is 18.4 Å². The van der Waals surface area contributed by atoms with Crippen LogP contribution >= 0.6 is 0 Å². The molecule has 0 aliphatic rings. The van der Waals surface area contributed by atoms with Gasteiger partial charge in [-0.2, -0.15) is 0 Å². The van der Waals surface area contributed by atoms with E-state index in [1.807, 2.05) is 74.4 Å². The van der Waals surface area contributed by atoms with Gasteiger partial charge in [-0.3, -0.25) is 4.79 Å². The molecule has 0 spiro atoms. The molecule has 0 aromatic heterocycles. The van der Waals surface area contributed by atoms with Gasteiger partial charge in [-0.15, -0.1) is 0 Å². The number of carbonyl (C=O) groups excluding carboxylic acids is 1. The number of nitrogens with zero attached hydrogens (tertiary/aromatic N) is 1. The van der Waals surface area contributed by atoms with E-state index in [4.69, 9.17) is 5.73 Å². The van der Waals surface area contributed by atoms with Gasteiger partial charge in [0, 0.05) is 19.8 Å². The number of anilines is 3. The third-order valence-electron chi connectivity index (χ3n) is 3.45. The lowest BCUT2D eigenvalue weighted by Crippen LogP contribution is -2.21. The number of nitrogen functional groups attached to an aromatic ring is 1. The SMILES string of the molecule is CC(C(=O)Nc1ccccc1N(C)C)c1cccc(N)c1. The second-order valence-corrected chi connectivity index (χ2v) is 5.29. The van der Waals surface area contributed by atoms with Gasteiger partial charge in [0.2, 0.25) is 5.91 Å². The number of rotatable bonds is 4. The molecule has 0 aliphatic heterocycles. The minimum Gasteiger partial charge on any atom is -0.399 e. The molecule has 0 heterocycles. The summed E-state index contributed by atoms with van der Waals surface area (Å²) in [5, 5.41) is 2.99. The molecule has 2 aromatic carbocycles. The van der Waals surface area contributed by atoms with E-state index in [1.54, 1.807) is 0 Å². The van der Waals surface area contributed by atoms with E-state index in [0.29, 0.717) is 5.69 Å². The Morgan fingerprint density at radius 2 is 1.86 bits per heavy atom. The van der Waals surface area contributed by atoms with Crippen LogP contribution in [-0.2, 0) is 4.79 Å². The lowest BCUT2D eigenvalue weighted by molar-refractivity contribution is -0.117. The summed E-state index contributed by atoms with van der Waals surface area (Å²) in [5.41, 5.74) is 9.14. The Balaban J connectivity index is 2.18. The Labute approximate surface area is 125 Å². The summed E-state index contributed by atoms with van der Waals surface area (Å²) in [6, 6.07) is 15.2. The van der Waals surface area contributed by atoms with E-state index in [9.17, 15) is 4.79 Å². The molecule has 1 amide bonds. The van der Waals surface area contributed by atoms with E-state index in [-0.39, 0.29) is 11.8 Å². The molecule has 21 heavy (non-hydrogen) atoms. The predicted molar refractivity (Wildman–Crippen MR) is 88.7 cm³/mol. The molecule has 110 valence electrons. The number of hydrogen-bond donors (Lipinski definition) is 2. The normalized spacial score (nSPS) is 11.8. The molecular formula is C17H21N3O. The maximum Gasteiger partial charge on any atom is 0.231 e. The standard InChI is InChI=1S/C17H21N3O/c1-12(13-7-6-8-14(18)11-13)17(21)19-15-9-4-5-10-16(15)20(2)3/h4-12H,18H2,1-3H3,(H,19,21). The molecule has 0 fully saturated rings. The van der Waals surface area contributed by atoms with Crippen molar-refractivity contribution in [2.24, 2.45) is 0 Å². The zero-order valence-electron chi connectivity index (χ0n) is 12.6. The summed E-state index contributed by atoms with van der Waals surface area (Å²) in [5.74, 6) is -0.307. The summed E-state index contributed by atoms with van der Waals surface area (Å²) in [6.45, 7) is 1.88. The summed E-state index contributed by atoms with van der Waals surface area (Å²) in [7, 11) is 3.90. The molecule has 4 nitrogen and oxygen atoms in total. The molecular weight excluding hydrogens is 262 g/mol. The molecule has 0 saturated heterocycles. The average Bonchev–Trinajstić information content (AvgIpc) is 2.46. The predicted octanol–water partition coefficient (Wildman–Crippen LogP) is 3.08. The highest BCUT2D eigenvalue weighted by molar-refractivity contribution is 5.98. The molecule has 2 aromatic rings. The quantitative estimate of drug-likeness (QED) is 0.848. The Hall–Kier alpha value is -2.49. The van der Waals surface area contributed by atoms with E-state index in [0.717, 1.165) is 16.9 Å². The van der Waals surface area contributed by atoms with Gasteiger partial charge in [-0.05, 0) is 36.8 Å². The number of amides is 1. The number of nitrogens with two attached hydrogens (primary N) is 1. The highest BCUT2D eigenvalue weighted by Crippen LogP contribution is 2.26. The van der Waals surface area contributed by atoms with Crippen molar-refractivity contribution < 1.29 is 4.79 Å². The van der Waals surface area contributed by atoms with Crippen molar-refractivity contribution in [1.29, 1.82) is 0 Å². The van der Waals surface area contributed by atoms with Crippen molar-refractivity contribution in [1.82, 2.24) is 0 Å². The lowest BCUT2D eigenvalue weighted by Gasteiger charge is -2.19. The molecule has 0 aliphatic carbocycles. The minimum absolute atomic E-state index is 0.0464. The van der Waals surface area contributed by atoms with E-state index in [1.165, 1.54) is 0 Å². The van der Waals surface area contributed by atoms with E-state index >= 15 is 0 Å². The zero-order valence-corrected chi connectivity index (χ0v) is 12.6. The van der Waals surface area contributed by atoms with Gasteiger partial charge in [0.15, 0.2) is 0 Å². The van der Waals surface area contributed by atoms with Crippen LogP contribution in [0, 0.1) is 0 Å². The number of nitrogens with one attached hydrogen (secondary N) is 1. The molecule has 1 atom stereocenters. The third-order valence-corrected chi connectivity index (χ3v) is 3.45. The van der Waals surface area contributed by atoms with Gasteiger partial charge in [-0.25, -0.2) is 0 Å². The van der Waals surface area contributed by atoms with Gasteiger partial charge >= 0.3 is 0 Å². The van der Waals surface area contributed by atoms with Gasteiger partial charge in [0.25, 0.3) is 0 Å². The highest BCUT2D eigenvalue weighted by atomic mass is 16.1. The topological polar surface area (TPSA) is 58.4 Å². The largest absolute Gasteiger partial charge is 0.399 e. The van der Waals surface area contributed by atoms with Crippen molar-refractivity contribution >= 4 is 23.0 Å². The van der Waals surface area contributed by atoms with Crippen molar-refractivity contribution in [2.45, 2.75) is 12.8 Å². The first-order chi connectivity index (χ1) is 9.99. The monoisotopic (exact) mass is 283 g/mol. The number of benzene rings is 2. The average molecular weight is 283 g/mol. The van der Waals surface area contributed by atoms with Crippen LogP contribution in [0.5, 0.6) is 0 Å². The van der Waals surface area contributed by atoms with E-state index < -0.39 is 0 Å². The van der Waals surface area contributed by atoms with Crippen molar-refractivity contribution in [2.75, 3.05) is 30.0 Å². The number of carbonyl (C=O) groups is 1. The van der Waals surface area contributed by atoms with Crippen molar-refractivity contribution in [3.63, 3.8) is 0 Å². The molecule has 0 bridgehead atoms. The third kappa shape index (κ3) is 3.54. The molecule has 0 radical (unpaired) electrons. The number of hydrogen-bond acceptors (Lipinski definition) is 3. The van der Waals surface area contributed by atoms with Gasteiger partial charge in [-0.1, -0.05) is 24.3 Å². The Morgan fingerprint density at radius 3 is 2.52 bits per heavy atom. The molecule has 2 rings (SSSR count). The first kappa shape index (κ1) is 14.9. The number of para-hydroxylation sites is 2. The van der Waals surface area contributed by atoms with Crippen molar-refractivity contribution in [3.05, 3.63) is 54.1 Å². The Kier molecular flexibility index (Phi) is 4.48. The van der Waals surface area contributed by atoms with Crippen molar-refractivity contribution in [3.8, 4) is 0 Å². The highest BCUT2D eigenvalue weighted by Gasteiger charge is 2.17. The van der Waals surface area contributed by atoms with Crippen LogP contribution in [0.3, 0.4) is 0 Å². The molecule has 3 N–H and O–H groups in total. The van der Waals surface area contributed by atoms with Crippen LogP contribution in [-0.4, -0.2) is 20.0 Å². The molecule has 0 saturated carbocycles.